The fraction of sp³-hybridized carbons (Fsp3) is 0.538. The van der Waals surface area contributed by atoms with Crippen molar-refractivity contribution in [2.45, 2.75) is 31.2 Å². The molecule has 1 heterocycles. The van der Waals surface area contributed by atoms with Crippen LogP contribution in [0.2, 0.25) is 0 Å². The van der Waals surface area contributed by atoms with Crippen molar-refractivity contribution in [2.24, 2.45) is 11.7 Å². The summed E-state index contributed by atoms with van der Waals surface area (Å²) < 4.78 is 26.7. The largest absolute Gasteiger partial charge is 0.326 e. The monoisotopic (exact) mass is 268 g/mol. The Morgan fingerprint density at radius 3 is 2.72 bits per heavy atom. The van der Waals surface area contributed by atoms with Gasteiger partial charge in [0, 0.05) is 19.6 Å². The summed E-state index contributed by atoms with van der Waals surface area (Å²) in [5, 5.41) is 0. The Bertz CT molecular complexity index is 513. The summed E-state index contributed by atoms with van der Waals surface area (Å²) in [6, 6.07) is 7.00. The van der Waals surface area contributed by atoms with E-state index in [-0.39, 0.29) is 6.54 Å². The molecule has 0 radical (unpaired) electrons. The molecule has 4 nitrogen and oxygen atoms in total. The summed E-state index contributed by atoms with van der Waals surface area (Å²) in [6.45, 7) is 3.62. The number of hydrogen-bond donors (Lipinski definition) is 1. The molecule has 1 atom stereocenters. The average molecular weight is 268 g/mol. The minimum absolute atomic E-state index is 0.250. The molecule has 0 amide bonds. The van der Waals surface area contributed by atoms with E-state index in [4.69, 9.17) is 5.73 Å². The zero-order valence-electron chi connectivity index (χ0n) is 10.7. The van der Waals surface area contributed by atoms with E-state index >= 15 is 0 Å². The minimum Gasteiger partial charge on any atom is -0.326 e. The highest BCUT2D eigenvalue weighted by atomic mass is 32.2. The molecule has 0 bridgehead atoms. The molecule has 0 spiro atoms. The van der Waals surface area contributed by atoms with E-state index in [1.165, 1.54) is 0 Å². The highest BCUT2D eigenvalue weighted by Crippen LogP contribution is 2.27. The molecule has 1 aliphatic rings. The molecule has 18 heavy (non-hydrogen) atoms. The van der Waals surface area contributed by atoms with E-state index in [0.717, 1.165) is 12.8 Å². The van der Waals surface area contributed by atoms with Gasteiger partial charge in [0.25, 0.3) is 0 Å². The van der Waals surface area contributed by atoms with Crippen molar-refractivity contribution >= 4 is 10.0 Å². The third kappa shape index (κ3) is 2.43. The summed E-state index contributed by atoms with van der Waals surface area (Å²) >= 11 is 0. The lowest BCUT2D eigenvalue weighted by atomic mass is 10.1. The first-order chi connectivity index (χ1) is 8.59. The number of nitrogens with zero attached hydrogens (tertiary/aromatic N) is 1. The molecule has 0 aromatic heterocycles. The molecule has 2 N–H and O–H groups in total. The molecule has 0 saturated carbocycles. The molecule has 100 valence electrons. The zero-order chi connectivity index (χ0) is 13.2. The maximum absolute atomic E-state index is 12.5. The van der Waals surface area contributed by atoms with Crippen LogP contribution in [0.3, 0.4) is 0 Å². The fourth-order valence-corrected chi connectivity index (χ4v) is 4.18. The number of rotatable bonds is 4. The molecular formula is C13H20N2O2S. The van der Waals surface area contributed by atoms with E-state index < -0.39 is 10.0 Å². The van der Waals surface area contributed by atoms with Gasteiger partial charge < -0.3 is 5.73 Å². The quantitative estimate of drug-likeness (QED) is 0.901. The lowest BCUT2D eigenvalue weighted by Crippen LogP contribution is -2.29. The van der Waals surface area contributed by atoms with Gasteiger partial charge in [-0.25, -0.2) is 8.42 Å². The van der Waals surface area contributed by atoms with Crippen molar-refractivity contribution in [1.29, 1.82) is 0 Å². The first kappa shape index (κ1) is 13.5. The van der Waals surface area contributed by atoms with E-state index in [9.17, 15) is 8.42 Å². The summed E-state index contributed by atoms with van der Waals surface area (Å²) in [4.78, 5) is 0.365. The first-order valence-corrected chi connectivity index (χ1v) is 7.81. The summed E-state index contributed by atoms with van der Waals surface area (Å²) in [5.41, 5.74) is 6.31. The smallest absolute Gasteiger partial charge is 0.243 e. The maximum atomic E-state index is 12.5. The Balaban J connectivity index is 2.31. The second kappa shape index (κ2) is 5.38. The highest BCUT2D eigenvalue weighted by molar-refractivity contribution is 7.89. The number of benzene rings is 1. The predicted molar refractivity (Wildman–Crippen MR) is 71.5 cm³/mol. The van der Waals surface area contributed by atoms with Crippen LogP contribution in [0.1, 0.15) is 25.3 Å². The summed E-state index contributed by atoms with van der Waals surface area (Å²) in [7, 11) is -3.37. The summed E-state index contributed by atoms with van der Waals surface area (Å²) in [5.74, 6) is 0.491. The van der Waals surface area contributed by atoms with E-state index in [0.29, 0.717) is 29.5 Å². The third-order valence-corrected chi connectivity index (χ3v) is 5.60. The van der Waals surface area contributed by atoms with Crippen LogP contribution in [0.4, 0.5) is 0 Å². The SMILES string of the molecule is CCC1CCN(S(=O)(=O)c2ccccc2CN)C1. The Morgan fingerprint density at radius 1 is 1.39 bits per heavy atom. The van der Waals surface area contributed by atoms with Crippen molar-refractivity contribution in [1.82, 2.24) is 4.31 Å². The Labute approximate surface area is 109 Å². The Morgan fingerprint density at radius 2 is 2.11 bits per heavy atom. The van der Waals surface area contributed by atoms with Crippen molar-refractivity contribution < 1.29 is 8.42 Å². The summed E-state index contributed by atoms with van der Waals surface area (Å²) in [6.07, 6.45) is 1.99. The van der Waals surface area contributed by atoms with Gasteiger partial charge in [-0.05, 0) is 24.0 Å². The van der Waals surface area contributed by atoms with Crippen LogP contribution in [0.25, 0.3) is 0 Å². The first-order valence-electron chi connectivity index (χ1n) is 6.37. The Kier molecular flexibility index (Phi) is 4.04. The van der Waals surface area contributed by atoms with E-state index in [2.05, 4.69) is 6.92 Å². The minimum atomic E-state index is -3.37. The van der Waals surface area contributed by atoms with Crippen molar-refractivity contribution in [3.8, 4) is 0 Å². The van der Waals surface area contributed by atoms with Crippen molar-refractivity contribution in [3.05, 3.63) is 29.8 Å². The average Bonchev–Trinajstić information content (AvgIpc) is 2.88. The molecular weight excluding hydrogens is 248 g/mol. The lowest BCUT2D eigenvalue weighted by Gasteiger charge is -2.18. The standard InChI is InChI=1S/C13H20N2O2S/c1-2-11-7-8-15(10-11)18(16,17)13-6-4-3-5-12(13)9-14/h3-6,11H,2,7-10,14H2,1H3. The molecule has 0 aliphatic carbocycles. The van der Waals surface area contributed by atoms with Crippen LogP contribution < -0.4 is 5.73 Å². The molecule has 1 aromatic rings. The number of sulfonamides is 1. The van der Waals surface area contributed by atoms with Crippen LogP contribution in [0, 0.1) is 5.92 Å². The normalized spacial score (nSPS) is 21.3. The zero-order valence-corrected chi connectivity index (χ0v) is 11.5. The van der Waals surface area contributed by atoms with Gasteiger partial charge in [-0.1, -0.05) is 31.5 Å². The predicted octanol–water partition coefficient (Wildman–Crippen LogP) is 1.57. The molecule has 2 rings (SSSR count). The highest BCUT2D eigenvalue weighted by Gasteiger charge is 2.32. The van der Waals surface area contributed by atoms with Crippen LogP contribution in [0.5, 0.6) is 0 Å². The molecule has 5 heteroatoms. The fourth-order valence-electron chi connectivity index (χ4n) is 2.41. The Hall–Kier alpha value is -0.910. The van der Waals surface area contributed by atoms with Gasteiger partial charge in [-0.15, -0.1) is 0 Å². The topological polar surface area (TPSA) is 63.4 Å². The van der Waals surface area contributed by atoms with Gasteiger partial charge in [-0.2, -0.15) is 4.31 Å². The van der Waals surface area contributed by atoms with E-state index in [1.807, 2.05) is 6.07 Å². The molecule has 1 unspecified atom stereocenters. The van der Waals surface area contributed by atoms with Crippen LogP contribution in [-0.4, -0.2) is 25.8 Å². The van der Waals surface area contributed by atoms with Crippen LogP contribution in [0.15, 0.2) is 29.2 Å². The van der Waals surface area contributed by atoms with Gasteiger partial charge in [0.15, 0.2) is 0 Å². The van der Waals surface area contributed by atoms with Crippen LogP contribution in [-0.2, 0) is 16.6 Å². The molecule has 1 aromatic carbocycles. The maximum Gasteiger partial charge on any atom is 0.243 e. The van der Waals surface area contributed by atoms with Crippen molar-refractivity contribution in [2.75, 3.05) is 13.1 Å². The molecule has 1 saturated heterocycles. The van der Waals surface area contributed by atoms with E-state index in [1.54, 1.807) is 22.5 Å². The van der Waals surface area contributed by atoms with Gasteiger partial charge >= 0.3 is 0 Å². The second-order valence-electron chi connectivity index (χ2n) is 4.74. The third-order valence-electron chi connectivity index (χ3n) is 3.64. The van der Waals surface area contributed by atoms with Gasteiger partial charge in [0.05, 0.1) is 4.90 Å². The van der Waals surface area contributed by atoms with Gasteiger partial charge in [0.2, 0.25) is 10.0 Å². The van der Waals surface area contributed by atoms with Crippen molar-refractivity contribution in [3.63, 3.8) is 0 Å². The molecule has 1 fully saturated rings. The number of nitrogens with two attached hydrogens (primary N) is 1. The molecule has 1 aliphatic heterocycles. The van der Waals surface area contributed by atoms with Crippen LogP contribution >= 0.6 is 0 Å². The lowest BCUT2D eigenvalue weighted by molar-refractivity contribution is 0.452. The van der Waals surface area contributed by atoms with Gasteiger partial charge in [-0.3, -0.25) is 0 Å². The number of hydrogen-bond acceptors (Lipinski definition) is 3. The van der Waals surface area contributed by atoms with Gasteiger partial charge in [0.1, 0.15) is 0 Å². The second-order valence-corrected chi connectivity index (χ2v) is 6.64.